The van der Waals surface area contributed by atoms with E-state index in [0.29, 0.717) is 11.6 Å². The van der Waals surface area contributed by atoms with Crippen molar-refractivity contribution < 1.29 is 4.79 Å². The Morgan fingerprint density at radius 1 is 1.12 bits per heavy atom. The van der Waals surface area contributed by atoms with Crippen molar-refractivity contribution in [3.05, 3.63) is 55.0 Å². The third kappa shape index (κ3) is 3.12. The summed E-state index contributed by atoms with van der Waals surface area (Å²) in [4.78, 5) is 15.6. The molecule has 26 heavy (non-hydrogen) atoms. The number of aromatic nitrogens is 5. The summed E-state index contributed by atoms with van der Waals surface area (Å²) in [5.41, 5.74) is 4.29. The largest absolute Gasteiger partial charge is 0.326 e. The van der Waals surface area contributed by atoms with Crippen molar-refractivity contribution in [3.8, 4) is 11.3 Å². The minimum atomic E-state index is -0.117. The van der Waals surface area contributed by atoms with Crippen LogP contribution >= 0.6 is 0 Å². The predicted molar refractivity (Wildman–Crippen MR) is 99.2 cm³/mol. The Bertz CT molecular complexity index is 1100. The van der Waals surface area contributed by atoms with Gasteiger partial charge in [0.25, 0.3) is 0 Å². The van der Waals surface area contributed by atoms with Crippen LogP contribution in [0.3, 0.4) is 0 Å². The van der Waals surface area contributed by atoms with Crippen molar-refractivity contribution in [1.29, 1.82) is 0 Å². The Morgan fingerprint density at radius 3 is 2.73 bits per heavy atom. The highest BCUT2D eigenvalue weighted by atomic mass is 16.1. The molecule has 0 unspecified atom stereocenters. The Hall–Kier alpha value is -3.68. The number of carbonyl (C=O) groups excluding carboxylic acids is 1. The second-order valence-corrected chi connectivity index (χ2v) is 5.93. The van der Waals surface area contributed by atoms with Gasteiger partial charge in [0.2, 0.25) is 11.9 Å². The van der Waals surface area contributed by atoms with Gasteiger partial charge in [-0.1, -0.05) is 6.07 Å². The molecule has 0 spiro atoms. The van der Waals surface area contributed by atoms with E-state index >= 15 is 0 Å². The molecule has 0 fully saturated rings. The van der Waals surface area contributed by atoms with Crippen LogP contribution in [0.25, 0.3) is 16.8 Å². The minimum Gasteiger partial charge on any atom is -0.326 e. The van der Waals surface area contributed by atoms with E-state index in [1.807, 2.05) is 54.2 Å². The normalized spacial score (nSPS) is 10.8. The number of carbonyl (C=O) groups is 1. The molecule has 130 valence electrons. The zero-order valence-corrected chi connectivity index (χ0v) is 14.3. The Labute approximate surface area is 149 Å². The summed E-state index contributed by atoms with van der Waals surface area (Å²) in [7, 11) is 1.88. The van der Waals surface area contributed by atoms with Crippen LogP contribution in [0.15, 0.2) is 55.0 Å². The summed E-state index contributed by atoms with van der Waals surface area (Å²) in [6.07, 6.45) is 5.49. The monoisotopic (exact) mass is 347 g/mol. The molecule has 0 atom stereocenters. The number of fused-ring (bicyclic) bond motifs is 1. The molecule has 0 radical (unpaired) electrons. The first-order chi connectivity index (χ1) is 12.6. The van der Waals surface area contributed by atoms with Crippen molar-refractivity contribution in [2.45, 2.75) is 6.92 Å². The number of nitrogens with one attached hydrogen (secondary N) is 2. The van der Waals surface area contributed by atoms with Gasteiger partial charge < -0.3 is 10.6 Å². The maximum absolute atomic E-state index is 11.2. The first-order valence-electron chi connectivity index (χ1n) is 8.07. The van der Waals surface area contributed by atoms with Crippen molar-refractivity contribution in [2.24, 2.45) is 7.05 Å². The van der Waals surface area contributed by atoms with Crippen molar-refractivity contribution in [3.63, 3.8) is 0 Å². The van der Waals surface area contributed by atoms with E-state index in [0.717, 1.165) is 22.5 Å². The predicted octanol–water partition coefficient (Wildman–Crippen LogP) is 2.83. The number of amides is 1. The Morgan fingerprint density at radius 2 is 1.96 bits per heavy atom. The lowest BCUT2D eigenvalue weighted by Gasteiger charge is -2.08. The highest BCUT2D eigenvalue weighted by molar-refractivity contribution is 5.89. The van der Waals surface area contributed by atoms with Gasteiger partial charge in [0, 0.05) is 37.1 Å². The topological polar surface area (TPSA) is 89.1 Å². The van der Waals surface area contributed by atoms with Crippen LogP contribution in [0, 0.1) is 0 Å². The SMILES string of the molecule is CC(=O)Nc1cccc(Nc2ncc3ccc(-c4cnn(C)c4)n3n2)c1. The molecule has 0 bridgehead atoms. The van der Waals surface area contributed by atoms with Gasteiger partial charge in [0.05, 0.1) is 23.6 Å². The second-order valence-electron chi connectivity index (χ2n) is 5.93. The van der Waals surface area contributed by atoms with Gasteiger partial charge in [-0.05, 0) is 30.3 Å². The molecule has 3 heterocycles. The summed E-state index contributed by atoms with van der Waals surface area (Å²) in [5.74, 6) is 0.340. The number of hydrogen-bond donors (Lipinski definition) is 2. The van der Waals surface area contributed by atoms with Crippen molar-refractivity contribution in [2.75, 3.05) is 10.6 Å². The number of rotatable bonds is 4. The Balaban J connectivity index is 1.66. The molecule has 2 N–H and O–H groups in total. The van der Waals surface area contributed by atoms with Crippen molar-refractivity contribution >= 4 is 28.7 Å². The number of nitrogens with zero attached hydrogens (tertiary/aromatic N) is 5. The fraction of sp³-hybridized carbons (Fsp3) is 0.111. The summed E-state index contributed by atoms with van der Waals surface area (Å²) in [5, 5.41) is 14.7. The van der Waals surface area contributed by atoms with Gasteiger partial charge in [0.1, 0.15) is 0 Å². The number of benzene rings is 1. The lowest BCUT2D eigenvalue weighted by molar-refractivity contribution is -0.114. The molecule has 3 aromatic heterocycles. The van der Waals surface area contributed by atoms with Crippen molar-refractivity contribution in [1.82, 2.24) is 24.4 Å². The van der Waals surface area contributed by atoms with E-state index in [9.17, 15) is 4.79 Å². The molecule has 0 saturated heterocycles. The third-order valence-corrected chi connectivity index (χ3v) is 3.84. The lowest BCUT2D eigenvalue weighted by Crippen LogP contribution is -2.06. The zero-order valence-electron chi connectivity index (χ0n) is 14.3. The van der Waals surface area contributed by atoms with Gasteiger partial charge >= 0.3 is 0 Å². The molecule has 1 aromatic carbocycles. The van der Waals surface area contributed by atoms with Crippen LogP contribution in [0.1, 0.15) is 6.92 Å². The standard InChI is InChI=1S/C18H17N7O/c1-12(26)21-14-4-3-5-15(8-14)22-18-19-10-16-6-7-17(25(16)23-18)13-9-20-24(2)11-13/h3-11H,1-2H3,(H,21,26)(H,22,23). The number of anilines is 3. The molecule has 0 aliphatic rings. The highest BCUT2D eigenvalue weighted by Crippen LogP contribution is 2.22. The van der Waals surface area contributed by atoms with E-state index in [1.54, 1.807) is 17.1 Å². The second kappa shape index (κ2) is 6.32. The fourth-order valence-corrected chi connectivity index (χ4v) is 2.74. The van der Waals surface area contributed by atoms with Gasteiger partial charge in [-0.2, -0.15) is 5.10 Å². The summed E-state index contributed by atoms with van der Waals surface area (Å²) in [6, 6.07) is 11.3. The van der Waals surface area contributed by atoms with E-state index < -0.39 is 0 Å². The first-order valence-corrected chi connectivity index (χ1v) is 8.07. The molecular formula is C18H17N7O. The van der Waals surface area contributed by atoms with Gasteiger partial charge in [-0.15, -0.1) is 5.10 Å². The summed E-state index contributed by atoms with van der Waals surface area (Å²) in [6.45, 7) is 1.48. The molecule has 1 amide bonds. The third-order valence-electron chi connectivity index (χ3n) is 3.84. The molecule has 8 nitrogen and oxygen atoms in total. The maximum atomic E-state index is 11.2. The van der Waals surface area contributed by atoms with Gasteiger partial charge in [-0.25, -0.2) is 9.50 Å². The summed E-state index contributed by atoms with van der Waals surface area (Å²) < 4.78 is 3.58. The number of aryl methyl sites for hydroxylation is 1. The van der Waals surface area contributed by atoms with E-state index in [1.165, 1.54) is 6.92 Å². The average Bonchev–Trinajstić information content (AvgIpc) is 3.20. The molecule has 4 rings (SSSR count). The van der Waals surface area contributed by atoms with Crippen LogP contribution in [0.5, 0.6) is 0 Å². The molecular weight excluding hydrogens is 330 g/mol. The first kappa shape index (κ1) is 15.8. The molecule has 0 aliphatic heterocycles. The lowest BCUT2D eigenvalue weighted by atomic mass is 10.3. The average molecular weight is 347 g/mol. The fourth-order valence-electron chi connectivity index (χ4n) is 2.74. The summed E-state index contributed by atoms with van der Waals surface area (Å²) >= 11 is 0. The smallest absolute Gasteiger partial charge is 0.245 e. The van der Waals surface area contributed by atoms with E-state index in [2.05, 4.69) is 25.8 Å². The van der Waals surface area contributed by atoms with Gasteiger partial charge in [-0.3, -0.25) is 9.48 Å². The van der Waals surface area contributed by atoms with Crippen LogP contribution in [0.2, 0.25) is 0 Å². The Kier molecular flexibility index (Phi) is 3.85. The highest BCUT2D eigenvalue weighted by Gasteiger charge is 2.09. The molecule has 0 saturated carbocycles. The van der Waals surface area contributed by atoms with Crippen LogP contribution in [0.4, 0.5) is 17.3 Å². The molecule has 4 aromatic rings. The number of hydrogen-bond acceptors (Lipinski definition) is 5. The zero-order chi connectivity index (χ0) is 18.1. The quantitative estimate of drug-likeness (QED) is 0.592. The van der Waals surface area contributed by atoms with Crippen LogP contribution in [-0.2, 0) is 11.8 Å². The van der Waals surface area contributed by atoms with Gasteiger partial charge in [0.15, 0.2) is 0 Å². The van der Waals surface area contributed by atoms with E-state index in [-0.39, 0.29) is 5.91 Å². The van der Waals surface area contributed by atoms with E-state index in [4.69, 9.17) is 0 Å². The molecule has 0 aliphatic carbocycles. The van der Waals surface area contributed by atoms with Crippen LogP contribution < -0.4 is 10.6 Å². The minimum absolute atomic E-state index is 0.117. The van der Waals surface area contributed by atoms with Crippen LogP contribution in [-0.4, -0.2) is 30.3 Å². The maximum Gasteiger partial charge on any atom is 0.245 e. The molecule has 8 heteroatoms.